The zero-order valence-electron chi connectivity index (χ0n) is 19.5. The van der Waals surface area contributed by atoms with Crippen LogP contribution in [-0.2, 0) is 6.61 Å². The first-order valence-corrected chi connectivity index (χ1v) is 11.5. The summed E-state index contributed by atoms with van der Waals surface area (Å²) in [5.41, 5.74) is 2.76. The molecule has 0 saturated carbocycles. The van der Waals surface area contributed by atoms with E-state index in [2.05, 4.69) is 10.3 Å². The monoisotopic (exact) mass is 524 g/mol. The number of halogens is 2. The molecule has 1 aromatic heterocycles. The van der Waals surface area contributed by atoms with Crippen LogP contribution in [0.4, 0.5) is 11.4 Å². The fraction of sp³-hybridized carbons (Fsp3) is 0.111. The largest absolute Gasteiger partial charge is 0.494 e. The van der Waals surface area contributed by atoms with Gasteiger partial charge in [-0.25, -0.2) is 0 Å². The van der Waals surface area contributed by atoms with Gasteiger partial charge >= 0.3 is 0 Å². The van der Waals surface area contributed by atoms with E-state index in [-0.39, 0.29) is 18.3 Å². The van der Waals surface area contributed by atoms with E-state index in [1.165, 1.54) is 13.4 Å². The number of rotatable bonds is 9. The summed E-state index contributed by atoms with van der Waals surface area (Å²) in [6.45, 7) is 0.266. The molecule has 1 N–H and O–H groups in total. The van der Waals surface area contributed by atoms with Gasteiger partial charge in [0.05, 0.1) is 31.9 Å². The van der Waals surface area contributed by atoms with Crippen LogP contribution in [0.5, 0.6) is 17.2 Å². The van der Waals surface area contributed by atoms with Crippen molar-refractivity contribution < 1.29 is 23.4 Å². The Labute approximate surface area is 218 Å². The fourth-order valence-corrected chi connectivity index (χ4v) is 3.75. The Kier molecular flexibility index (Phi) is 8.15. The van der Waals surface area contributed by atoms with Gasteiger partial charge in [-0.3, -0.25) is 9.79 Å². The third-order valence-electron chi connectivity index (χ3n) is 5.13. The zero-order chi connectivity index (χ0) is 25.5. The molecule has 0 aliphatic rings. The maximum absolute atomic E-state index is 12.3. The molecule has 4 rings (SSSR count). The number of nitrogens with one attached hydrogen (secondary N) is 1. The Balaban J connectivity index is 1.45. The number of furan rings is 1. The Morgan fingerprint density at radius 1 is 0.972 bits per heavy atom. The minimum atomic E-state index is -0.373. The summed E-state index contributed by atoms with van der Waals surface area (Å²) in [6.07, 6.45) is 3.13. The number of anilines is 1. The van der Waals surface area contributed by atoms with Crippen molar-refractivity contribution in [1.29, 1.82) is 0 Å². The molecule has 0 fully saturated rings. The zero-order valence-corrected chi connectivity index (χ0v) is 21.0. The summed E-state index contributed by atoms with van der Waals surface area (Å²) >= 11 is 12.2. The topological polar surface area (TPSA) is 82.3 Å². The first-order valence-electron chi connectivity index (χ1n) is 10.8. The highest BCUT2D eigenvalue weighted by Gasteiger charge is 2.13. The summed E-state index contributed by atoms with van der Waals surface area (Å²) in [4.78, 5) is 16.8. The van der Waals surface area contributed by atoms with Crippen LogP contribution in [0.2, 0.25) is 10.0 Å². The third-order valence-corrected chi connectivity index (χ3v) is 5.71. The minimum Gasteiger partial charge on any atom is -0.494 e. The van der Waals surface area contributed by atoms with Crippen LogP contribution in [0.3, 0.4) is 0 Å². The third kappa shape index (κ3) is 6.19. The van der Waals surface area contributed by atoms with Gasteiger partial charge in [-0.05, 0) is 60.2 Å². The molecule has 0 bridgehead atoms. The van der Waals surface area contributed by atoms with Crippen LogP contribution >= 0.6 is 23.2 Å². The van der Waals surface area contributed by atoms with Gasteiger partial charge in [0.1, 0.15) is 12.4 Å². The molecular formula is C27H22Cl2N2O5. The Morgan fingerprint density at radius 3 is 2.53 bits per heavy atom. The second kappa shape index (κ2) is 11.7. The molecule has 36 heavy (non-hydrogen) atoms. The number of ether oxygens (including phenoxy) is 3. The van der Waals surface area contributed by atoms with Crippen LogP contribution < -0.4 is 19.5 Å². The molecule has 0 unspecified atom stereocenters. The molecule has 0 aliphatic carbocycles. The van der Waals surface area contributed by atoms with E-state index in [0.29, 0.717) is 38.7 Å². The van der Waals surface area contributed by atoms with Crippen molar-refractivity contribution in [1.82, 2.24) is 0 Å². The summed E-state index contributed by atoms with van der Waals surface area (Å²) in [5, 5.41) is 3.86. The van der Waals surface area contributed by atoms with Gasteiger partial charge in [0.15, 0.2) is 17.3 Å². The highest BCUT2D eigenvalue weighted by molar-refractivity contribution is 6.35. The highest BCUT2D eigenvalue weighted by Crippen LogP contribution is 2.32. The van der Waals surface area contributed by atoms with Crippen LogP contribution in [0, 0.1) is 0 Å². The molecule has 3 aromatic carbocycles. The van der Waals surface area contributed by atoms with E-state index in [1.54, 1.807) is 61.9 Å². The van der Waals surface area contributed by atoms with Gasteiger partial charge in [0.25, 0.3) is 5.91 Å². The maximum atomic E-state index is 12.3. The number of nitrogens with zero attached hydrogens (tertiary/aromatic N) is 1. The van der Waals surface area contributed by atoms with E-state index in [4.69, 9.17) is 41.8 Å². The number of amides is 1. The lowest BCUT2D eigenvalue weighted by Gasteiger charge is -2.12. The highest BCUT2D eigenvalue weighted by atomic mass is 35.5. The average molecular weight is 525 g/mol. The van der Waals surface area contributed by atoms with Gasteiger partial charge in [0, 0.05) is 27.9 Å². The number of methoxy groups -OCH3 is 2. The predicted molar refractivity (Wildman–Crippen MR) is 141 cm³/mol. The molecule has 1 heterocycles. The van der Waals surface area contributed by atoms with E-state index in [9.17, 15) is 4.79 Å². The fourth-order valence-electron chi connectivity index (χ4n) is 3.28. The minimum absolute atomic E-state index is 0.205. The summed E-state index contributed by atoms with van der Waals surface area (Å²) in [5.74, 6) is 1.42. The van der Waals surface area contributed by atoms with Gasteiger partial charge in [-0.15, -0.1) is 0 Å². The first-order chi connectivity index (χ1) is 17.5. The van der Waals surface area contributed by atoms with Crippen LogP contribution in [0.1, 0.15) is 21.7 Å². The molecule has 0 radical (unpaired) electrons. The van der Waals surface area contributed by atoms with Gasteiger partial charge < -0.3 is 23.9 Å². The molecule has 4 aromatic rings. The van der Waals surface area contributed by atoms with Gasteiger partial charge in [-0.1, -0.05) is 29.3 Å². The molecule has 1 amide bonds. The molecule has 0 spiro atoms. The van der Waals surface area contributed by atoms with Crippen molar-refractivity contribution in [3.63, 3.8) is 0 Å². The molecule has 7 nitrogen and oxygen atoms in total. The Morgan fingerprint density at radius 2 is 1.81 bits per heavy atom. The van der Waals surface area contributed by atoms with Crippen molar-refractivity contribution >= 4 is 46.7 Å². The second-order valence-electron chi connectivity index (χ2n) is 7.51. The number of benzene rings is 3. The van der Waals surface area contributed by atoms with Gasteiger partial charge in [0.2, 0.25) is 0 Å². The summed E-state index contributed by atoms with van der Waals surface area (Å²) in [7, 11) is 3.09. The molecular weight excluding hydrogens is 503 g/mol. The normalized spacial score (nSPS) is 10.9. The van der Waals surface area contributed by atoms with E-state index in [1.807, 2.05) is 18.2 Å². The van der Waals surface area contributed by atoms with Crippen molar-refractivity contribution in [2.75, 3.05) is 19.5 Å². The predicted octanol–water partition coefficient (Wildman–Crippen LogP) is 7.19. The van der Waals surface area contributed by atoms with Crippen LogP contribution in [0.25, 0.3) is 0 Å². The number of aliphatic imine (C=N–C) groups is 1. The molecule has 0 atom stereocenters. The second-order valence-corrected chi connectivity index (χ2v) is 8.35. The number of hydrogen-bond donors (Lipinski definition) is 1. The summed E-state index contributed by atoms with van der Waals surface area (Å²) in [6, 6.07) is 19.2. The van der Waals surface area contributed by atoms with Crippen LogP contribution in [0.15, 0.2) is 82.4 Å². The maximum Gasteiger partial charge on any atom is 0.291 e. The average Bonchev–Trinajstić information content (AvgIpc) is 3.43. The Hall–Kier alpha value is -3.94. The number of hydrogen-bond acceptors (Lipinski definition) is 6. The van der Waals surface area contributed by atoms with E-state index >= 15 is 0 Å². The lowest BCUT2D eigenvalue weighted by molar-refractivity contribution is 0.0996. The lowest BCUT2D eigenvalue weighted by Crippen LogP contribution is -2.11. The van der Waals surface area contributed by atoms with Crippen LogP contribution in [-0.4, -0.2) is 26.3 Å². The molecule has 0 aliphatic heterocycles. The molecule has 9 heteroatoms. The smallest absolute Gasteiger partial charge is 0.291 e. The SMILES string of the molecule is COc1cc(N=Cc2ccc(OCc3ccc(Cl)cc3Cl)c(OC)c2)ccc1NC(=O)c1ccco1. The van der Waals surface area contributed by atoms with Crippen molar-refractivity contribution in [2.24, 2.45) is 4.99 Å². The standard InChI is InChI=1S/C27H22Cl2N2O5/c1-33-25-14-20(8-9-22(25)31-27(32)24-4-3-11-35-24)30-15-17-5-10-23(26(12-17)34-2)36-16-18-6-7-19(28)13-21(18)29/h3-15H,16H2,1-2H3,(H,31,32). The van der Waals surface area contributed by atoms with Crippen molar-refractivity contribution in [3.05, 3.63) is 99.9 Å². The van der Waals surface area contributed by atoms with E-state index in [0.717, 1.165) is 11.1 Å². The summed E-state index contributed by atoms with van der Waals surface area (Å²) < 4.78 is 21.9. The van der Waals surface area contributed by atoms with Crippen molar-refractivity contribution in [2.45, 2.75) is 6.61 Å². The quantitative estimate of drug-likeness (QED) is 0.234. The van der Waals surface area contributed by atoms with E-state index < -0.39 is 0 Å². The van der Waals surface area contributed by atoms with Gasteiger partial charge in [-0.2, -0.15) is 0 Å². The lowest BCUT2D eigenvalue weighted by atomic mass is 10.2. The first kappa shape index (κ1) is 25.2. The number of carbonyl (C=O) groups excluding carboxylic acids is 1. The number of carbonyl (C=O) groups is 1. The van der Waals surface area contributed by atoms with Crippen molar-refractivity contribution in [3.8, 4) is 17.2 Å². The molecule has 184 valence electrons. The molecule has 0 saturated heterocycles. The Bertz CT molecular complexity index is 1390.